The standard InChI is InChI=1S/C19H18F2N2O6/c1-2-27-15-10-13(8-9-14(15)29-19(20)21)18(26)28-11-16(24)22-23-17(25)12-6-4-3-5-7-12/h3-10,19H,2,11H2,1H3,(H,22,24)(H,23,25). The third-order valence-electron chi connectivity index (χ3n) is 3.38. The Morgan fingerprint density at radius 3 is 2.34 bits per heavy atom. The molecule has 154 valence electrons. The Bertz CT molecular complexity index is 861. The van der Waals surface area contributed by atoms with E-state index in [0.29, 0.717) is 5.56 Å². The van der Waals surface area contributed by atoms with Gasteiger partial charge in [-0.3, -0.25) is 20.4 Å². The number of hydrogen-bond donors (Lipinski definition) is 2. The highest BCUT2D eigenvalue weighted by molar-refractivity contribution is 5.96. The number of carbonyl (C=O) groups excluding carboxylic acids is 3. The fourth-order valence-electron chi connectivity index (χ4n) is 2.14. The SMILES string of the molecule is CCOc1cc(C(=O)OCC(=O)NNC(=O)c2ccccc2)ccc1OC(F)F. The molecule has 0 saturated heterocycles. The summed E-state index contributed by atoms with van der Waals surface area (Å²) in [6.07, 6.45) is 0. The van der Waals surface area contributed by atoms with Crippen LogP contribution in [0.15, 0.2) is 48.5 Å². The first kappa shape index (κ1) is 21.6. The van der Waals surface area contributed by atoms with Crippen LogP contribution < -0.4 is 20.3 Å². The highest BCUT2D eigenvalue weighted by atomic mass is 19.3. The van der Waals surface area contributed by atoms with Crippen LogP contribution in [0.25, 0.3) is 0 Å². The van der Waals surface area contributed by atoms with Gasteiger partial charge in [-0.2, -0.15) is 8.78 Å². The van der Waals surface area contributed by atoms with Gasteiger partial charge in [-0.25, -0.2) is 4.79 Å². The number of halogens is 2. The van der Waals surface area contributed by atoms with Gasteiger partial charge in [-0.05, 0) is 37.3 Å². The zero-order valence-electron chi connectivity index (χ0n) is 15.3. The number of carbonyl (C=O) groups is 3. The molecule has 0 aliphatic rings. The number of benzene rings is 2. The Morgan fingerprint density at radius 2 is 1.69 bits per heavy atom. The van der Waals surface area contributed by atoms with Gasteiger partial charge in [0, 0.05) is 5.56 Å². The van der Waals surface area contributed by atoms with Crippen LogP contribution >= 0.6 is 0 Å². The molecular formula is C19H18F2N2O6. The zero-order valence-corrected chi connectivity index (χ0v) is 15.3. The van der Waals surface area contributed by atoms with Crippen LogP contribution in [0.4, 0.5) is 8.78 Å². The Morgan fingerprint density at radius 1 is 0.966 bits per heavy atom. The number of alkyl halides is 2. The van der Waals surface area contributed by atoms with Crippen molar-refractivity contribution in [3.63, 3.8) is 0 Å². The summed E-state index contributed by atoms with van der Waals surface area (Å²) in [5.41, 5.74) is 4.58. The predicted octanol–water partition coefficient (Wildman–Crippen LogP) is 2.30. The van der Waals surface area contributed by atoms with Crippen LogP contribution in [0, 0.1) is 0 Å². The molecule has 0 unspecified atom stereocenters. The number of hydrogen-bond acceptors (Lipinski definition) is 6. The maximum absolute atomic E-state index is 12.4. The minimum atomic E-state index is -3.05. The van der Waals surface area contributed by atoms with E-state index >= 15 is 0 Å². The van der Waals surface area contributed by atoms with Crippen molar-refractivity contribution in [2.45, 2.75) is 13.5 Å². The number of esters is 1. The summed E-state index contributed by atoms with van der Waals surface area (Å²) >= 11 is 0. The second kappa shape index (κ2) is 10.6. The highest BCUT2D eigenvalue weighted by Gasteiger charge is 2.16. The molecule has 0 bridgehead atoms. The van der Waals surface area contributed by atoms with Gasteiger partial charge in [-0.1, -0.05) is 18.2 Å². The number of nitrogens with one attached hydrogen (secondary N) is 2. The molecule has 0 fully saturated rings. The molecule has 0 aliphatic carbocycles. The largest absolute Gasteiger partial charge is 0.490 e. The molecule has 8 nitrogen and oxygen atoms in total. The van der Waals surface area contributed by atoms with Crippen molar-refractivity contribution in [1.29, 1.82) is 0 Å². The predicted molar refractivity (Wildman–Crippen MR) is 96.6 cm³/mol. The van der Waals surface area contributed by atoms with Gasteiger partial charge < -0.3 is 14.2 Å². The Hall–Kier alpha value is -3.69. The topological polar surface area (TPSA) is 103 Å². The molecule has 2 N–H and O–H groups in total. The molecule has 0 atom stereocenters. The normalized spacial score (nSPS) is 10.2. The van der Waals surface area contributed by atoms with Gasteiger partial charge in [0.15, 0.2) is 18.1 Å². The average molecular weight is 408 g/mol. The molecule has 0 radical (unpaired) electrons. The van der Waals surface area contributed by atoms with Crippen LogP contribution in [-0.2, 0) is 9.53 Å². The molecule has 29 heavy (non-hydrogen) atoms. The van der Waals surface area contributed by atoms with E-state index in [1.165, 1.54) is 12.1 Å². The third kappa shape index (κ3) is 6.76. The van der Waals surface area contributed by atoms with Crippen molar-refractivity contribution in [1.82, 2.24) is 10.9 Å². The van der Waals surface area contributed by atoms with Gasteiger partial charge in [0.25, 0.3) is 11.8 Å². The summed E-state index contributed by atoms with van der Waals surface area (Å²) in [6, 6.07) is 11.7. The quantitative estimate of drug-likeness (QED) is 0.513. The summed E-state index contributed by atoms with van der Waals surface area (Å²) in [5.74, 6) is -2.51. The van der Waals surface area contributed by atoms with Crippen LogP contribution in [0.5, 0.6) is 11.5 Å². The van der Waals surface area contributed by atoms with Crippen LogP contribution in [0.3, 0.4) is 0 Å². The van der Waals surface area contributed by atoms with Crippen molar-refractivity contribution in [2.24, 2.45) is 0 Å². The first-order valence-corrected chi connectivity index (χ1v) is 8.43. The van der Waals surface area contributed by atoms with Crippen LogP contribution in [-0.4, -0.2) is 37.6 Å². The van der Waals surface area contributed by atoms with Gasteiger partial charge in [-0.15, -0.1) is 0 Å². The van der Waals surface area contributed by atoms with E-state index in [-0.39, 0.29) is 23.7 Å². The first-order valence-electron chi connectivity index (χ1n) is 8.43. The number of hydrazine groups is 1. The fraction of sp³-hybridized carbons (Fsp3) is 0.211. The second-order valence-corrected chi connectivity index (χ2v) is 5.42. The van der Waals surface area contributed by atoms with Gasteiger partial charge in [0.1, 0.15) is 0 Å². The molecule has 0 aromatic heterocycles. The summed E-state index contributed by atoms with van der Waals surface area (Å²) in [7, 11) is 0. The maximum Gasteiger partial charge on any atom is 0.387 e. The lowest BCUT2D eigenvalue weighted by atomic mass is 10.2. The summed E-state index contributed by atoms with van der Waals surface area (Å²) in [4.78, 5) is 35.6. The van der Waals surface area contributed by atoms with E-state index in [9.17, 15) is 23.2 Å². The minimum Gasteiger partial charge on any atom is -0.490 e. The molecular weight excluding hydrogens is 390 g/mol. The van der Waals surface area contributed by atoms with Crippen molar-refractivity contribution < 1.29 is 37.4 Å². The van der Waals surface area contributed by atoms with Crippen LogP contribution in [0.1, 0.15) is 27.6 Å². The smallest absolute Gasteiger partial charge is 0.387 e. The summed E-state index contributed by atoms with van der Waals surface area (Å²) in [5, 5.41) is 0. The molecule has 2 amide bonds. The van der Waals surface area contributed by atoms with E-state index < -0.39 is 31.0 Å². The van der Waals surface area contributed by atoms with Crippen molar-refractivity contribution in [2.75, 3.05) is 13.2 Å². The van der Waals surface area contributed by atoms with E-state index in [1.807, 2.05) is 0 Å². The van der Waals surface area contributed by atoms with E-state index in [1.54, 1.807) is 37.3 Å². The molecule has 0 aliphatic heterocycles. The number of rotatable bonds is 8. The van der Waals surface area contributed by atoms with Gasteiger partial charge in [0.2, 0.25) is 0 Å². The van der Waals surface area contributed by atoms with E-state index in [4.69, 9.17) is 9.47 Å². The second-order valence-electron chi connectivity index (χ2n) is 5.42. The highest BCUT2D eigenvalue weighted by Crippen LogP contribution is 2.30. The summed E-state index contributed by atoms with van der Waals surface area (Å²) < 4.78 is 39.1. The van der Waals surface area contributed by atoms with Crippen molar-refractivity contribution >= 4 is 17.8 Å². The molecule has 2 aromatic rings. The first-order chi connectivity index (χ1) is 13.9. The lowest BCUT2D eigenvalue weighted by Crippen LogP contribution is -2.43. The zero-order chi connectivity index (χ0) is 21.2. The van der Waals surface area contributed by atoms with Gasteiger partial charge >= 0.3 is 12.6 Å². The molecule has 0 heterocycles. The Labute approximate surface area is 164 Å². The lowest BCUT2D eigenvalue weighted by molar-refractivity contribution is -0.125. The Balaban J connectivity index is 1.88. The van der Waals surface area contributed by atoms with Crippen molar-refractivity contribution in [3.8, 4) is 11.5 Å². The Kier molecular flexibility index (Phi) is 7.89. The summed E-state index contributed by atoms with van der Waals surface area (Å²) in [6.45, 7) is -1.94. The van der Waals surface area contributed by atoms with Crippen LogP contribution in [0.2, 0.25) is 0 Å². The number of ether oxygens (including phenoxy) is 3. The van der Waals surface area contributed by atoms with Crippen molar-refractivity contribution in [3.05, 3.63) is 59.7 Å². The molecule has 2 aromatic carbocycles. The number of amides is 2. The molecule has 0 spiro atoms. The van der Waals surface area contributed by atoms with Gasteiger partial charge in [0.05, 0.1) is 12.2 Å². The average Bonchev–Trinajstić information content (AvgIpc) is 2.72. The van der Waals surface area contributed by atoms with E-state index in [2.05, 4.69) is 15.6 Å². The molecule has 10 heteroatoms. The molecule has 0 saturated carbocycles. The molecule has 2 rings (SSSR count). The maximum atomic E-state index is 12.4. The monoisotopic (exact) mass is 408 g/mol. The lowest BCUT2D eigenvalue weighted by Gasteiger charge is -2.12. The van der Waals surface area contributed by atoms with E-state index in [0.717, 1.165) is 6.07 Å². The fourth-order valence-corrected chi connectivity index (χ4v) is 2.14. The minimum absolute atomic E-state index is 0.0313. The third-order valence-corrected chi connectivity index (χ3v) is 3.38.